The summed E-state index contributed by atoms with van der Waals surface area (Å²) in [6.07, 6.45) is -1.53. The van der Waals surface area contributed by atoms with Crippen molar-refractivity contribution in [3.8, 4) is 0 Å². The molecule has 0 heterocycles. The van der Waals surface area contributed by atoms with Crippen molar-refractivity contribution in [1.82, 2.24) is 0 Å². The number of halogens is 2. The van der Waals surface area contributed by atoms with Crippen molar-refractivity contribution in [2.45, 2.75) is 18.3 Å². The summed E-state index contributed by atoms with van der Waals surface area (Å²) in [4.78, 5) is 0. The van der Waals surface area contributed by atoms with Gasteiger partial charge >= 0.3 is 0 Å². The first-order chi connectivity index (χ1) is 3.19. The maximum Gasteiger partial charge on any atom is 0.167 e. The molecular formula is C4H6F2O. The molecule has 2 atom stereocenters. The Morgan fingerprint density at radius 1 is 1.86 bits per heavy atom. The van der Waals surface area contributed by atoms with Crippen molar-refractivity contribution in [2.24, 2.45) is 0 Å². The van der Waals surface area contributed by atoms with Gasteiger partial charge in [0.1, 0.15) is 6.17 Å². The molecule has 1 N–H and O–H groups in total. The monoisotopic (exact) mass is 108 g/mol. The van der Waals surface area contributed by atoms with Crippen molar-refractivity contribution < 1.29 is 13.9 Å². The molecule has 1 rings (SSSR count). The zero-order chi connectivity index (χ0) is 5.49. The van der Waals surface area contributed by atoms with E-state index in [4.69, 9.17) is 5.11 Å². The fourth-order valence-corrected chi connectivity index (χ4v) is 0.403. The van der Waals surface area contributed by atoms with Gasteiger partial charge in [-0.05, 0) is 0 Å². The van der Waals surface area contributed by atoms with Crippen LogP contribution in [-0.2, 0) is 0 Å². The Morgan fingerprint density at radius 3 is 2.29 bits per heavy atom. The number of hydrogen-bond acceptors (Lipinski definition) is 1. The summed E-state index contributed by atoms with van der Waals surface area (Å²) in [6.45, 7) is -0.672. The van der Waals surface area contributed by atoms with E-state index >= 15 is 0 Å². The van der Waals surface area contributed by atoms with Gasteiger partial charge < -0.3 is 5.11 Å². The summed E-state index contributed by atoms with van der Waals surface area (Å²) in [5.74, 6) is 0. The molecular weight excluding hydrogens is 102 g/mol. The number of rotatable bonds is 1. The lowest BCUT2D eigenvalue weighted by molar-refractivity contribution is 0.135. The summed E-state index contributed by atoms with van der Waals surface area (Å²) in [5, 5.41) is 8.02. The van der Waals surface area contributed by atoms with Gasteiger partial charge in [0.15, 0.2) is 5.67 Å². The second-order valence-corrected chi connectivity index (χ2v) is 1.86. The minimum Gasteiger partial charge on any atom is -0.393 e. The largest absolute Gasteiger partial charge is 0.393 e. The van der Waals surface area contributed by atoms with Crippen LogP contribution in [0.5, 0.6) is 0 Å². The minimum atomic E-state index is -1.86. The zero-order valence-corrected chi connectivity index (χ0v) is 3.69. The first kappa shape index (κ1) is 4.97. The van der Waals surface area contributed by atoms with E-state index in [1.165, 1.54) is 0 Å². The van der Waals surface area contributed by atoms with Gasteiger partial charge in [-0.2, -0.15) is 0 Å². The molecule has 0 aromatic heterocycles. The lowest BCUT2D eigenvalue weighted by atomic mass is 10.4. The van der Waals surface area contributed by atoms with Crippen LogP contribution in [0.15, 0.2) is 0 Å². The molecule has 3 heteroatoms. The molecule has 1 nitrogen and oxygen atoms in total. The Hall–Kier alpha value is -0.180. The highest BCUT2D eigenvalue weighted by atomic mass is 19.2. The summed E-state index contributed by atoms with van der Waals surface area (Å²) in [5.41, 5.74) is -1.86. The van der Waals surface area contributed by atoms with Gasteiger partial charge in [-0.3, -0.25) is 0 Å². The molecule has 1 unspecified atom stereocenters. The number of hydrogen-bond donors (Lipinski definition) is 1. The standard InChI is InChI=1S/C4H6F2O/c5-3-1-4(3,6)2-7/h3,7H,1-2H2/t3?,4-/m1/s1. The van der Waals surface area contributed by atoms with Gasteiger partial charge in [-0.1, -0.05) is 0 Å². The van der Waals surface area contributed by atoms with Crippen LogP contribution in [0.4, 0.5) is 8.78 Å². The van der Waals surface area contributed by atoms with Crippen molar-refractivity contribution in [3.05, 3.63) is 0 Å². The van der Waals surface area contributed by atoms with Gasteiger partial charge in [0, 0.05) is 6.42 Å². The Labute approximate surface area is 40.0 Å². The molecule has 0 bridgehead atoms. The number of aliphatic hydroxyl groups is 1. The molecule has 1 saturated carbocycles. The van der Waals surface area contributed by atoms with Crippen LogP contribution in [0.1, 0.15) is 6.42 Å². The topological polar surface area (TPSA) is 20.2 Å². The first-order valence-corrected chi connectivity index (χ1v) is 2.13. The van der Waals surface area contributed by atoms with Crippen LogP contribution in [-0.4, -0.2) is 23.6 Å². The summed E-state index contributed by atoms with van der Waals surface area (Å²) in [6, 6.07) is 0. The molecule has 7 heavy (non-hydrogen) atoms. The highest BCUT2D eigenvalue weighted by Crippen LogP contribution is 2.42. The predicted octanol–water partition coefficient (Wildman–Crippen LogP) is 0.429. The normalized spacial score (nSPS) is 49.3. The van der Waals surface area contributed by atoms with E-state index in [-0.39, 0.29) is 6.42 Å². The van der Waals surface area contributed by atoms with Crippen LogP contribution in [0.2, 0.25) is 0 Å². The van der Waals surface area contributed by atoms with Crippen LogP contribution in [0.3, 0.4) is 0 Å². The summed E-state index contributed by atoms with van der Waals surface area (Å²) < 4.78 is 23.6. The van der Waals surface area contributed by atoms with Gasteiger partial charge in [0.25, 0.3) is 0 Å². The molecule has 1 aliphatic rings. The second-order valence-electron chi connectivity index (χ2n) is 1.86. The zero-order valence-electron chi connectivity index (χ0n) is 3.69. The van der Waals surface area contributed by atoms with Crippen molar-refractivity contribution in [3.63, 3.8) is 0 Å². The first-order valence-electron chi connectivity index (χ1n) is 2.13. The Bertz CT molecular complexity index is 81.8. The van der Waals surface area contributed by atoms with Crippen molar-refractivity contribution in [2.75, 3.05) is 6.61 Å². The maximum atomic E-state index is 12.0. The van der Waals surface area contributed by atoms with Crippen LogP contribution < -0.4 is 0 Å². The average Bonchev–Trinajstić information content (AvgIpc) is 2.18. The van der Waals surface area contributed by atoms with E-state index in [0.29, 0.717) is 0 Å². The summed E-state index contributed by atoms with van der Waals surface area (Å²) in [7, 11) is 0. The van der Waals surface area contributed by atoms with Crippen molar-refractivity contribution >= 4 is 0 Å². The number of alkyl halides is 2. The van der Waals surface area contributed by atoms with Crippen LogP contribution in [0, 0.1) is 0 Å². The van der Waals surface area contributed by atoms with E-state index in [2.05, 4.69) is 0 Å². The smallest absolute Gasteiger partial charge is 0.167 e. The highest BCUT2D eigenvalue weighted by Gasteiger charge is 2.56. The van der Waals surface area contributed by atoms with Crippen LogP contribution in [0.25, 0.3) is 0 Å². The molecule has 0 spiro atoms. The van der Waals surface area contributed by atoms with Gasteiger partial charge in [0.05, 0.1) is 6.61 Å². The third-order valence-corrected chi connectivity index (χ3v) is 1.18. The van der Waals surface area contributed by atoms with E-state index in [0.717, 1.165) is 0 Å². The molecule has 0 amide bonds. The van der Waals surface area contributed by atoms with E-state index in [9.17, 15) is 8.78 Å². The minimum absolute atomic E-state index is 0.122. The molecule has 42 valence electrons. The van der Waals surface area contributed by atoms with Gasteiger partial charge in [0.2, 0.25) is 0 Å². The Morgan fingerprint density at radius 2 is 2.29 bits per heavy atom. The van der Waals surface area contributed by atoms with E-state index in [1.54, 1.807) is 0 Å². The van der Waals surface area contributed by atoms with Gasteiger partial charge in [-0.15, -0.1) is 0 Å². The maximum absolute atomic E-state index is 12.0. The second kappa shape index (κ2) is 1.15. The molecule has 0 aromatic rings. The highest BCUT2D eigenvalue weighted by molar-refractivity contribution is 5.04. The predicted molar refractivity (Wildman–Crippen MR) is 20.4 cm³/mol. The molecule has 1 fully saturated rings. The molecule has 0 radical (unpaired) electrons. The molecule has 0 aromatic carbocycles. The molecule has 1 aliphatic carbocycles. The quantitative estimate of drug-likeness (QED) is 0.516. The lowest BCUT2D eigenvalue weighted by Gasteiger charge is -1.92. The van der Waals surface area contributed by atoms with E-state index < -0.39 is 18.4 Å². The third kappa shape index (κ3) is 0.608. The van der Waals surface area contributed by atoms with Gasteiger partial charge in [-0.25, -0.2) is 8.78 Å². The Kier molecular flexibility index (Phi) is 0.819. The Balaban J connectivity index is 2.36. The fraction of sp³-hybridized carbons (Fsp3) is 1.00. The lowest BCUT2D eigenvalue weighted by Crippen LogP contribution is -2.09. The van der Waals surface area contributed by atoms with Crippen LogP contribution >= 0.6 is 0 Å². The SMILES string of the molecule is OC[C@]1(F)CC1F. The average molecular weight is 108 g/mol. The van der Waals surface area contributed by atoms with Crippen molar-refractivity contribution in [1.29, 1.82) is 0 Å². The fourth-order valence-electron chi connectivity index (χ4n) is 0.403. The third-order valence-electron chi connectivity index (χ3n) is 1.18. The molecule has 0 aliphatic heterocycles. The van der Waals surface area contributed by atoms with E-state index in [1.807, 2.05) is 0 Å². The number of aliphatic hydroxyl groups excluding tert-OH is 1. The summed E-state index contributed by atoms with van der Waals surface area (Å²) >= 11 is 0. The molecule has 0 saturated heterocycles.